The van der Waals surface area contributed by atoms with E-state index in [9.17, 15) is 0 Å². The van der Waals surface area contributed by atoms with E-state index in [1.54, 1.807) is 12.4 Å². The molecule has 0 atom stereocenters. The molecule has 0 fully saturated rings. The topological polar surface area (TPSA) is 32.3 Å². The lowest BCUT2D eigenvalue weighted by Gasteiger charge is -2.32. The minimum Gasteiger partial charge on any atom is -0.309 e. The molecule has 236 valence electrons. The van der Waals surface area contributed by atoms with Crippen molar-refractivity contribution in [3.05, 3.63) is 167 Å². The Morgan fingerprint density at radius 3 is 1.58 bits per heavy atom. The zero-order chi connectivity index (χ0) is 36.8. The third-order valence-electron chi connectivity index (χ3n) is 8.68. The van der Waals surface area contributed by atoms with Crippen LogP contribution in [0.2, 0.25) is 0 Å². The average Bonchev–Trinajstić information content (AvgIpc) is 3.18. The van der Waals surface area contributed by atoms with Gasteiger partial charge in [0.1, 0.15) is 0 Å². The van der Waals surface area contributed by atoms with Gasteiger partial charge in [-0.3, -0.25) is 9.88 Å². The lowest BCUT2D eigenvalue weighted by Crippen LogP contribution is -2.16. The molecule has 0 radical (unpaired) electrons. The van der Waals surface area contributed by atoms with Crippen molar-refractivity contribution in [3.63, 3.8) is 0 Å². The maximum absolute atomic E-state index is 8.94. The van der Waals surface area contributed by atoms with Crippen LogP contribution in [0.1, 0.15) is 38.9 Å². The Morgan fingerprint density at radius 1 is 0.500 bits per heavy atom. The second-order valence-corrected chi connectivity index (χ2v) is 12.3. The van der Waals surface area contributed by atoms with Crippen LogP contribution in [0.25, 0.3) is 22.0 Å². The van der Waals surface area contributed by atoms with Crippen LogP contribution in [-0.4, -0.2) is 9.97 Å². The van der Waals surface area contributed by atoms with Gasteiger partial charge in [-0.2, -0.15) is 0 Å². The molecule has 0 saturated carbocycles. The molecule has 0 saturated heterocycles. The number of anilines is 6. The molecular weight excluding hydrogens is 585 g/mol. The van der Waals surface area contributed by atoms with Crippen molar-refractivity contribution in [1.82, 2.24) is 9.97 Å². The number of benzene rings is 6. The lowest BCUT2D eigenvalue weighted by atomic mass is 9.98. The number of hydrogen-bond acceptors (Lipinski definition) is 4. The van der Waals surface area contributed by atoms with Crippen molar-refractivity contribution in [3.8, 4) is 11.3 Å². The maximum Gasteiger partial charge on any atom is 0.156 e. The normalized spacial score (nSPS) is 12.3. The molecule has 0 spiro atoms. The van der Waals surface area contributed by atoms with Crippen LogP contribution >= 0.6 is 0 Å². The van der Waals surface area contributed by atoms with Crippen LogP contribution in [0.15, 0.2) is 134 Å². The number of hydrogen-bond donors (Lipinski definition) is 0. The van der Waals surface area contributed by atoms with Crippen molar-refractivity contribution in [2.75, 3.05) is 9.80 Å². The van der Waals surface area contributed by atoms with E-state index in [4.69, 9.17) is 15.5 Å². The molecule has 6 aromatic carbocycles. The highest BCUT2D eigenvalue weighted by Crippen LogP contribution is 2.44. The quantitative estimate of drug-likeness (QED) is 0.176. The predicted octanol–water partition coefficient (Wildman–Crippen LogP) is 12.1. The number of nitrogens with zero attached hydrogens (tertiary/aromatic N) is 4. The largest absolute Gasteiger partial charge is 0.309 e. The van der Waals surface area contributed by atoms with Gasteiger partial charge in [-0.1, -0.05) is 102 Å². The fourth-order valence-corrected chi connectivity index (χ4v) is 6.77. The standard InChI is InChI=1S/C44H40N4/c1-29-23-31(3)43(32(4)24-29)48(44-33(5)25-30(2)26-34(44)6)38-21-19-37(20-22-38)47(41-18-12-16-35-13-10-11-17-39(35)41)42-28-45-40(27-46-42)36-14-8-7-9-15-36/h7-28H,1-6H3/i23D,24D,25D,26D. The molecule has 4 nitrogen and oxygen atoms in total. The summed E-state index contributed by atoms with van der Waals surface area (Å²) in [5.74, 6) is 0.659. The Balaban J connectivity index is 1.44. The summed E-state index contributed by atoms with van der Waals surface area (Å²) in [6.45, 7) is 11.3. The van der Waals surface area contributed by atoms with Gasteiger partial charge in [-0.15, -0.1) is 0 Å². The summed E-state index contributed by atoms with van der Waals surface area (Å²) in [7, 11) is 0. The van der Waals surface area contributed by atoms with Crippen LogP contribution < -0.4 is 9.80 Å². The summed E-state index contributed by atoms with van der Waals surface area (Å²) in [6, 6.07) is 33.9. The highest BCUT2D eigenvalue weighted by atomic mass is 15.2. The summed E-state index contributed by atoms with van der Waals surface area (Å²) in [5.41, 5.74) is 10.0. The van der Waals surface area contributed by atoms with Gasteiger partial charge in [-0.05, 0) is 99.5 Å². The molecule has 0 bridgehead atoms. The second-order valence-electron chi connectivity index (χ2n) is 12.3. The Hall–Kier alpha value is -5.74. The Labute approximate surface area is 289 Å². The summed E-state index contributed by atoms with van der Waals surface area (Å²) >= 11 is 0. The van der Waals surface area contributed by atoms with Crippen LogP contribution in [0.4, 0.5) is 34.3 Å². The fourth-order valence-electron chi connectivity index (χ4n) is 6.77. The Morgan fingerprint density at radius 2 is 1.02 bits per heavy atom. The molecule has 0 aliphatic rings. The predicted molar refractivity (Wildman–Crippen MR) is 203 cm³/mol. The van der Waals surface area contributed by atoms with Crippen molar-refractivity contribution >= 4 is 45.0 Å². The van der Waals surface area contributed by atoms with Gasteiger partial charge in [0.15, 0.2) is 5.82 Å². The van der Waals surface area contributed by atoms with Crippen LogP contribution in [-0.2, 0) is 0 Å². The molecule has 0 aliphatic carbocycles. The Bertz CT molecular complexity index is 2330. The molecule has 1 heterocycles. The van der Waals surface area contributed by atoms with Gasteiger partial charge in [0.2, 0.25) is 0 Å². The highest BCUT2D eigenvalue weighted by molar-refractivity contribution is 5.98. The first-order valence-electron chi connectivity index (χ1n) is 18.2. The van der Waals surface area contributed by atoms with Gasteiger partial charge in [0, 0.05) is 22.3 Å². The van der Waals surface area contributed by atoms with E-state index in [-0.39, 0.29) is 0 Å². The number of fused-ring (bicyclic) bond motifs is 1. The summed E-state index contributed by atoms with van der Waals surface area (Å²) in [6.07, 6.45) is 3.61. The second kappa shape index (κ2) is 12.8. The first-order valence-corrected chi connectivity index (χ1v) is 16.2. The van der Waals surface area contributed by atoms with E-state index in [1.807, 2.05) is 119 Å². The van der Waals surface area contributed by atoms with E-state index in [2.05, 4.69) is 29.2 Å². The molecule has 0 aliphatic heterocycles. The van der Waals surface area contributed by atoms with E-state index in [1.165, 1.54) is 0 Å². The van der Waals surface area contributed by atoms with Gasteiger partial charge >= 0.3 is 0 Å². The minimum atomic E-state index is 0.312. The lowest BCUT2D eigenvalue weighted by molar-refractivity contribution is 1.13. The molecule has 48 heavy (non-hydrogen) atoms. The third kappa shape index (κ3) is 5.82. The number of rotatable bonds is 7. The fraction of sp³-hybridized carbons (Fsp3) is 0.136. The average molecular weight is 629 g/mol. The molecule has 0 N–H and O–H groups in total. The molecule has 0 amide bonds. The minimum absolute atomic E-state index is 0.312. The van der Waals surface area contributed by atoms with Crippen LogP contribution in [0.3, 0.4) is 0 Å². The summed E-state index contributed by atoms with van der Waals surface area (Å²) < 4.78 is 35.8. The van der Waals surface area contributed by atoms with Crippen molar-refractivity contribution in [2.24, 2.45) is 0 Å². The van der Waals surface area contributed by atoms with Crippen LogP contribution in [0, 0.1) is 41.5 Å². The molecule has 0 unspecified atom stereocenters. The van der Waals surface area contributed by atoms with E-state index in [0.29, 0.717) is 41.1 Å². The Kier molecular flexibility index (Phi) is 7.03. The molecular formula is C44H40N4. The van der Waals surface area contributed by atoms with Crippen molar-refractivity contribution < 1.29 is 5.48 Å². The number of aromatic nitrogens is 2. The first kappa shape index (κ1) is 26.3. The molecule has 4 heteroatoms. The first-order chi connectivity index (χ1) is 25.0. The van der Waals surface area contributed by atoms with Gasteiger partial charge in [0.25, 0.3) is 0 Å². The van der Waals surface area contributed by atoms with Crippen LogP contribution in [0.5, 0.6) is 0 Å². The maximum atomic E-state index is 8.94. The van der Waals surface area contributed by atoms with Crippen molar-refractivity contribution in [1.29, 1.82) is 0 Å². The summed E-state index contributed by atoms with van der Waals surface area (Å²) in [4.78, 5) is 13.9. The molecule has 7 rings (SSSR count). The van der Waals surface area contributed by atoms with E-state index >= 15 is 0 Å². The SMILES string of the molecule is [2H]c1c(C)c([2H])c(C)c(N(c2ccc(N(c3cnc(-c4ccccc4)cn3)c3cccc4ccccc34)cc2)c2c(C)c([2H])c(C)c([2H])c2C)c1C. The highest BCUT2D eigenvalue weighted by Gasteiger charge is 2.23. The van der Waals surface area contributed by atoms with E-state index in [0.717, 1.165) is 72.7 Å². The van der Waals surface area contributed by atoms with Gasteiger partial charge in [0.05, 0.1) is 40.6 Å². The third-order valence-corrected chi connectivity index (χ3v) is 8.68. The molecule has 1 aromatic heterocycles. The van der Waals surface area contributed by atoms with Gasteiger partial charge < -0.3 is 4.90 Å². The van der Waals surface area contributed by atoms with Crippen molar-refractivity contribution in [2.45, 2.75) is 41.5 Å². The van der Waals surface area contributed by atoms with Gasteiger partial charge in [-0.25, -0.2) is 4.98 Å². The zero-order valence-corrected chi connectivity index (χ0v) is 28.2. The zero-order valence-electron chi connectivity index (χ0n) is 32.2. The smallest absolute Gasteiger partial charge is 0.156 e. The van der Waals surface area contributed by atoms with E-state index < -0.39 is 0 Å². The molecule has 7 aromatic rings. The summed E-state index contributed by atoms with van der Waals surface area (Å²) in [5, 5.41) is 2.17. The monoisotopic (exact) mass is 628 g/mol.